The molecule has 0 amide bonds. The van der Waals surface area contributed by atoms with Gasteiger partial charge in [-0.25, -0.2) is 4.79 Å². The van der Waals surface area contributed by atoms with Crippen molar-refractivity contribution in [1.29, 1.82) is 0 Å². The van der Waals surface area contributed by atoms with Crippen LogP contribution in [0.4, 0.5) is 0 Å². The van der Waals surface area contributed by atoms with Crippen molar-refractivity contribution in [2.45, 2.75) is 13.3 Å². The molecule has 0 saturated heterocycles. The highest BCUT2D eigenvalue weighted by atomic mass is 16.4. The number of aliphatic carboxylic acids is 1. The van der Waals surface area contributed by atoms with E-state index < -0.39 is 11.8 Å². The van der Waals surface area contributed by atoms with E-state index in [1.807, 2.05) is 19.1 Å². The first-order valence-electron chi connectivity index (χ1n) is 4.81. The first-order chi connectivity index (χ1) is 7.54. The van der Waals surface area contributed by atoms with E-state index in [1.165, 1.54) is 0 Å². The van der Waals surface area contributed by atoms with Gasteiger partial charge in [-0.3, -0.25) is 4.79 Å². The van der Waals surface area contributed by atoms with Crippen molar-refractivity contribution >= 4 is 17.5 Å². The van der Waals surface area contributed by atoms with Gasteiger partial charge in [-0.05, 0) is 12.0 Å². The molecule has 16 heavy (non-hydrogen) atoms. The number of aliphatic hydroxyl groups is 1. The van der Waals surface area contributed by atoms with Crippen LogP contribution in [-0.4, -0.2) is 22.0 Å². The number of carboxylic acid groups (broad SMARTS) is 1. The van der Waals surface area contributed by atoms with Gasteiger partial charge in [-0.15, -0.1) is 0 Å². The maximum absolute atomic E-state index is 10.8. The fraction of sp³-hybridized carbons (Fsp3) is 0.167. The minimum Gasteiger partial charge on any atom is -0.507 e. The number of aryl methyl sites for hydroxylation is 1. The van der Waals surface area contributed by atoms with Crippen LogP contribution in [0.2, 0.25) is 0 Å². The van der Waals surface area contributed by atoms with Crippen molar-refractivity contribution in [2.24, 2.45) is 0 Å². The number of carbonyl (C=O) groups is 2. The fourth-order valence-electron chi connectivity index (χ4n) is 1.18. The van der Waals surface area contributed by atoms with Gasteiger partial charge in [0.2, 0.25) is 0 Å². The molecule has 1 aromatic carbocycles. The van der Waals surface area contributed by atoms with Crippen LogP contribution in [0.5, 0.6) is 0 Å². The third-order valence-electron chi connectivity index (χ3n) is 2.14. The quantitative estimate of drug-likeness (QED) is 0.461. The molecule has 0 unspecified atom stereocenters. The van der Waals surface area contributed by atoms with Crippen molar-refractivity contribution < 1.29 is 19.8 Å². The lowest BCUT2D eigenvalue weighted by atomic mass is 10.1. The number of hydrogen-bond donors (Lipinski definition) is 2. The number of rotatable bonds is 4. The molecule has 4 nitrogen and oxygen atoms in total. The van der Waals surface area contributed by atoms with Gasteiger partial charge in [0.15, 0.2) is 0 Å². The minimum absolute atomic E-state index is 0.338. The lowest BCUT2D eigenvalue weighted by Gasteiger charge is -2.01. The van der Waals surface area contributed by atoms with Gasteiger partial charge in [0, 0.05) is 11.6 Å². The number of carbonyl (C=O) groups excluding carboxylic acids is 1. The van der Waals surface area contributed by atoms with E-state index in [9.17, 15) is 14.7 Å². The van der Waals surface area contributed by atoms with Crippen LogP contribution < -0.4 is 0 Å². The number of carboxylic acids is 1. The molecule has 0 fully saturated rings. The Bertz CT molecular complexity index is 429. The molecule has 0 heterocycles. The summed E-state index contributed by atoms with van der Waals surface area (Å²) in [5.41, 5.74) is 1.52. The van der Waals surface area contributed by atoms with Crippen molar-refractivity contribution in [2.75, 3.05) is 0 Å². The third kappa shape index (κ3) is 2.95. The van der Waals surface area contributed by atoms with Crippen LogP contribution >= 0.6 is 0 Å². The molecular weight excluding hydrogens is 208 g/mol. The van der Waals surface area contributed by atoms with Crippen LogP contribution in [0.3, 0.4) is 0 Å². The summed E-state index contributed by atoms with van der Waals surface area (Å²) in [5.74, 6) is -3.07. The largest absolute Gasteiger partial charge is 0.507 e. The Hall–Kier alpha value is -2.10. The maximum atomic E-state index is 10.8. The lowest BCUT2D eigenvalue weighted by Crippen LogP contribution is -2.09. The Morgan fingerprint density at radius 1 is 1.19 bits per heavy atom. The number of hydrogen-bond acceptors (Lipinski definition) is 3. The molecular formula is C12H12O4. The highest BCUT2D eigenvalue weighted by Gasteiger charge is 2.10. The summed E-state index contributed by atoms with van der Waals surface area (Å²) >= 11 is 0. The minimum atomic E-state index is -1.59. The summed E-state index contributed by atoms with van der Waals surface area (Å²) in [7, 11) is 0. The first kappa shape index (κ1) is 12.0. The summed E-state index contributed by atoms with van der Waals surface area (Å²) < 4.78 is 0. The Balaban J connectivity index is 2.91. The van der Waals surface area contributed by atoms with Crippen LogP contribution in [0.25, 0.3) is 5.76 Å². The first-order valence-corrected chi connectivity index (χ1v) is 4.81. The van der Waals surface area contributed by atoms with Crippen molar-refractivity contribution in [3.05, 3.63) is 41.5 Å². The van der Waals surface area contributed by atoms with Crippen molar-refractivity contribution in [3.63, 3.8) is 0 Å². The van der Waals surface area contributed by atoms with E-state index >= 15 is 0 Å². The van der Waals surface area contributed by atoms with E-state index in [2.05, 4.69) is 0 Å². The fourth-order valence-corrected chi connectivity index (χ4v) is 1.18. The number of ketones is 1. The van der Waals surface area contributed by atoms with Crippen molar-refractivity contribution in [3.8, 4) is 0 Å². The Labute approximate surface area is 92.8 Å². The highest BCUT2D eigenvalue weighted by Crippen LogP contribution is 2.12. The van der Waals surface area contributed by atoms with Crippen molar-refractivity contribution in [1.82, 2.24) is 0 Å². The molecule has 0 bridgehead atoms. The monoisotopic (exact) mass is 220 g/mol. The molecule has 0 aromatic heterocycles. The lowest BCUT2D eigenvalue weighted by molar-refractivity contribution is -0.146. The Morgan fingerprint density at radius 2 is 1.75 bits per heavy atom. The van der Waals surface area contributed by atoms with Gasteiger partial charge < -0.3 is 10.2 Å². The Morgan fingerprint density at radius 3 is 2.19 bits per heavy atom. The molecule has 0 aliphatic carbocycles. The topological polar surface area (TPSA) is 74.6 Å². The zero-order valence-corrected chi connectivity index (χ0v) is 8.80. The normalized spacial score (nSPS) is 11.2. The van der Waals surface area contributed by atoms with Gasteiger partial charge in [0.1, 0.15) is 5.76 Å². The van der Waals surface area contributed by atoms with Gasteiger partial charge in [-0.2, -0.15) is 0 Å². The molecule has 0 spiro atoms. The standard InChI is InChI=1S/C12H12O4/c1-2-8-3-5-9(6-4-8)10(13)7-11(14)12(15)16/h3-7,13H,2H2,1H3,(H,15,16). The van der Waals surface area contributed by atoms with Gasteiger partial charge >= 0.3 is 5.97 Å². The summed E-state index contributed by atoms with van der Waals surface area (Å²) in [6.07, 6.45) is 1.57. The van der Waals surface area contributed by atoms with E-state index in [4.69, 9.17) is 5.11 Å². The average Bonchev–Trinajstić information content (AvgIpc) is 2.28. The van der Waals surface area contributed by atoms with Crippen LogP contribution in [-0.2, 0) is 16.0 Å². The van der Waals surface area contributed by atoms with Gasteiger partial charge in [0.05, 0.1) is 0 Å². The third-order valence-corrected chi connectivity index (χ3v) is 2.14. The van der Waals surface area contributed by atoms with E-state index in [0.717, 1.165) is 12.0 Å². The Kier molecular flexibility index (Phi) is 3.83. The molecule has 2 N–H and O–H groups in total. The summed E-state index contributed by atoms with van der Waals surface area (Å²) in [5, 5.41) is 17.8. The zero-order chi connectivity index (χ0) is 12.1. The molecule has 1 aromatic rings. The summed E-state index contributed by atoms with van der Waals surface area (Å²) in [4.78, 5) is 21.1. The van der Waals surface area contributed by atoms with E-state index in [-0.39, 0.29) is 5.76 Å². The highest BCUT2D eigenvalue weighted by molar-refractivity contribution is 6.38. The van der Waals surface area contributed by atoms with Crippen LogP contribution in [0.1, 0.15) is 18.1 Å². The molecule has 0 saturated carbocycles. The SMILES string of the molecule is CCc1ccc(C(O)=CC(=O)C(=O)O)cc1. The number of aliphatic hydroxyl groups excluding tert-OH is 1. The molecule has 84 valence electrons. The maximum Gasteiger partial charge on any atom is 0.376 e. The number of benzene rings is 1. The predicted octanol–water partition coefficient (Wildman–Crippen LogP) is 1.80. The van der Waals surface area contributed by atoms with Crippen LogP contribution in [0.15, 0.2) is 30.3 Å². The summed E-state index contributed by atoms with van der Waals surface area (Å²) in [6.45, 7) is 2.00. The van der Waals surface area contributed by atoms with E-state index in [1.54, 1.807) is 12.1 Å². The predicted molar refractivity (Wildman–Crippen MR) is 59.1 cm³/mol. The van der Waals surface area contributed by atoms with Gasteiger partial charge in [0.25, 0.3) is 5.78 Å². The molecule has 0 atom stereocenters. The second-order valence-electron chi connectivity index (χ2n) is 3.25. The molecule has 4 heteroatoms. The van der Waals surface area contributed by atoms with E-state index in [0.29, 0.717) is 11.6 Å². The van der Waals surface area contributed by atoms with Crippen LogP contribution in [0, 0.1) is 0 Å². The summed E-state index contributed by atoms with van der Waals surface area (Å²) in [6, 6.07) is 6.90. The zero-order valence-electron chi connectivity index (χ0n) is 8.80. The molecule has 0 aliphatic rings. The second kappa shape index (κ2) is 5.11. The molecule has 0 radical (unpaired) electrons. The average molecular weight is 220 g/mol. The molecule has 0 aliphatic heterocycles. The molecule has 1 rings (SSSR count). The van der Waals surface area contributed by atoms with Gasteiger partial charge in [-0.1, -0.05) is 31.2 Å². The second-order valence-corrected chi connectivity index (χ2v) is 3.25. The smallest absolute Gasteiger partial charge is 0.376 e.